The highest BCUT2D eigenvalue weighted by Crippen LogP contribution is 2.30. The molecule has 1 heterocycles. The van der Waals surface area contributed by atoms with E-state index in [2.05, 4.69) is 11.4 Å². The van der Waals surface area contributed by atoms with Crippen LogP contribution in [0.15, 0.2) is 5.16 Å². The maximum Gasteiger partial charge on any atom is 0.138 e. The summed E-state index contributed by atoms with van der Waals surface area (Å²) in [5.41, 5.74) is -0.895. The molecule has 0 aromatic carbocycles. The molecule has 1 aliphatic rings. The molecule has 1 fully saturated rings. The highest BCUT2D eigenvalue weighted by atomic mass is 32.2. The first-order valence-corrected chi connectivity index (χ1v) is 11.0. The van der Waals surface area contributed by atoms with Gasteiger partial charge in [-0.05, 0) is 31.3 Å². The van der Waals surface area contributed by atoms with E-state index in [1.165, 1.54) is 25.0 Å². The van der Waals surface area contributed by atoms with Crippen LogP contribution in [0.25, 0.3) is 0 Å². The Labute approximate surface area is 157 Å². The van der Waals surface area contributed by atoms with Gasteiger partial charge in [-0.3, -0.25) is 0 Å². The SMILES string of the molecule is CSCCCCCCCC/C(=N\O)SC1OC(CO)C(O)C(O)C1O. The normalized spacial score (nSPS) is 30.6. The van der Waals surface area contributed by atoms with Gasteiger partial charge in [0.25, 0.3) is 0 Å². The van der Waals surface area contributed by atoms with Crippen LogP contribution in [0, 0.1) is 0 Å². The number of unbranched alkanes of at least 4 members (excludes halogenated alkanes) is 5. The molecule has 0 spiro atoms. The Morgan fingerprint density at radius 1 is 0.960 bits per heavy atom. The molecule has 0 amide bonds. The van der Waals surface area contributed by atoms with Crippen molar-refractivity contribution >= 4 is 28.6 Å². The number of aliphatic hydroxyl groups excluding tert-OH is 4. The van der Waals surface area contributed by atoms with Crippen molar-refractivity contribution in [3.05, 3.63) is 0 Å². The number of thioether (sulfide) groups is 2. The largest absolute Gasteiger partial charge is 0.410 e. The summed E-state index contributed by atoms with van der Waals surface area (Å²) in [5, 5.41) is 51.5. The number of aliphatic hydroxyl groups is 4. The van der Waals surface area contributed by atoms with E-state index >= 15 is 0 Å². The van der Waals surface area contributed by atoms with Crippen LogP contribution in [0.3, 0.4) is 0 Å². The summed E-state index contributed by atoms with van der Waals surface area (Å²) in [6.07, 6.45) is 4.34. The Morgan fingerprint density at radius 3 is 2.20 bits per heavy atom. The van der Waals surface area contributed by atoms with Crippen LogP contribution < -0.4 is 0 Å². The van der Waals surface area contributed by atoms with Crippen LogP contribution in [0.1, 0.15) is 44.9 Å². The van der Waals surface area contributed by atoms with E-state index in [1.54, 1.807) is 0 Å². The van der Waals surface area contributed by atoms with Crippen molar-refractivity contribution in [2.24, 2.45) is 5.16 Å². The van der Waals surface area contributed by atoms with E-state index in [1.807, 2.05) is 11.8 Å². The molecule has 0 bridgehead atoms. The molecule has 25 heavy (non-hydrogen) atoms. The molecule has 9 heteroatoms. The van der Waals surface area contributed by atoms with E-state index in [-0.39, 0.29) is 0 Å². The molecule has 5 unspecified atom stereocenters. The van der Waals surface area contributed by atoms with Gasteiger partial charge in [0.2, 0.25) is 0 Å². The third kappa shape index (κ3) is 8.03. The summed E-state index contributed by atoms with van der Waals surface area (Å²) in [7, 11) is 0. The first-order chi connectivity index (χ1) is 12.0. The topological polar surface area (TPSA) is 123 Å². The monoisotopic (exact) mass is 397 g/mol. The molecule has 0 saturated carbocycles. The molecule has 0 aliphatic carbocycles. The van der Waals surface area contributed by atoms with Gasteiger partial charge in [-0.1, -0.05) is 42.6 Å². The Morgan fingerprint density at radius 2 is 1.60 bits per heavy atom. The predicted octanol–water partition coefficient (Wildman–Crippen LogP) is 1.40. The number of ether oxygens (including phenoxy) is 1. The van der Waals surface area contributed by atoms with E-state index < -0.39 is 36.5 Å². The number of rotatable bonds is 11. The molecule has 1 saturated heterocycles. The molecule has 1 rings (SSSR count). The highest BCUT2D eigenvalue weighted by Gasteiger charge is 2.44. The van der Waals surface area contributed by atoms with Crippen molar-refractivity contribution in [3.63, 3.8) is 0 Å². The fraction of sp³-hybridized carbons (Fsp3) is 0.938. The number of hydrogen-bond donors (Lipinski definition) is 5. The van der Waals surface area contributed by atoms with E-state index in [0.29, 0.717) is 11.5 Å². The molecular weight excluding hydrogens is 366 g/mol. The second-order valence-corrected chi connectivity index (χ2v) is 8.33. The van der Waals surface area contributed by atoms with E-state index in [0.717, 1.165) is 31.0 Å². The van der Waals surface area contributed by atoms with Crippen LogP contribution in [0.5, 0.6) is 0 Å². The maximum absolute atomic E-state index is 10.0. The van der Waals surface area contributed by atoms with Crippen molar-refractivity contribution in [1.82, 2.24) is 0 Å². The summed E-state index contributed by atoms with van der Waals surface area (Å²) in [6, 6.07) is 0. The summed E-state index contributed by atoms with van der Waals surface area (Å²) in [5.74, 6) is 1.21. The quantitative estimate of drug-likeness (QED) is 0.117. The van der Waals surface area contributed by atoms with Gasteiger partial charge < -0.3 is 30.4 Å². The third-order valence-corrected chi connectivity index (χ3v) is 6.08. The molecule has 0 aromatic rings. The minimum Gasteiger partial charge on any atom is -0.410 e. The minimum atomic E-state index is -1.41. The lowest BCUT2D eigenvalue weighted by Crippen LogP contribution is -2.57. The smallest absolute Gasteiger partial charge is 0.138 e. The van der Waals surface area contributed by atoms with Gasteiger partial charge in [-0.2, -0.15) is 11.8 Å². The lowest BCUT2D eigenvalue weighted by molar-refractivity contribution is -0.205. The zero-order chi connectivity index (χ0) is 18.7. The second kappa shape index (κ2) is 13.2. The summed E-state index contributed by atoms with van der Waals surface area (Å²) in [4.78, 5) is 0. The summed E-state index contributed by atoms with van der Waals surface area (Å²) < 4.78 is 5.40. The van der Waals surface area contributed by atoms with Gasteiger partial charge in [0.15, 0.2) is 0 Å². The Balaban J connectivity index is 2.30. The molecule has 5 atom stereocenters. The standard InChI is InChI=1S/C16H31NO6S2/c1-24-9-7-5-3-2-4-6-8-12(17-22)25-16-15(21)14(20)13(19)11(10-18)23-16/h11,13-16,18-22H,2-10H2,1H3/b17-12+. The van der Waals surface area contributed by atoms with Crippen LogP contribution in [0.2, 0.25) is 0 Å². The zero-order valence-corrected chi connectivity index (χ0v) is 16.3. The summed E-state index contributed by atoms with van der Waals surface area (Å²) in [6.45, 7) is -0.468. The van der Waals surface area contributed by atoms with Crippen molar-refractivity contribution in [2.45, 2.75) is 74.8 Å². The number of nitrogens with zero attached hydrogens (tertiary/aromatic N) is 1. The third-order valence-electron chi connectivity index (χ3n) is 4.20. The lowest BCUT2D eigenvalue weighted by atomic mass is 10.0. The average Bonchev–Trinajstić information content (AvgIpc) is 2.62. The van der Waals surface area contributed by atoms with Gasteiger partial charge in [-0.25, -0.2) is 0 Å². The van der Waals surface area contributed by atoms with Gasteiger partial charge in [0, 0.05) is 0 Å². The van der Waals surface area contributed by atoms with Crippen molar-refractivity contribution in [3.8, 4) is 0 Å². The minimum absolute atomic E-state index is 0.409. The fourth-order valence-electron chi connectivity index (χ4n) is 2.66. The zero-order valence-electron chi connectivity index (χ0n) is 14.7. The molecule has 0 aromatic heterocycles. The highest BCUT2D eigenvalue weighted by molar-refractivity contribution is 8.14. The molecule has 148 valence electrons. The van der Waals surface area contributed by atoms with Gasteiger partial charge in [0.05, 0.1) is 6.61 Å². The molecule has 5 N–H and O–H groups in total. The van der Waals surface area contributed by atoms with Crippen molar-refractivity contribution in [2.75, 3.05) is 18.6 Å². The van der Waals surface area contributed by atoms with Gasteiger partial charge in [-0.15, -0.1) is 0 Å². The van der Waals surface area contributed by atoms with Gasteiger partial charge >= 0.3 is 0 Å². The average molecular weight is 398 g/mol. The summed E-state index contributed by atoms with van der Waals surface area (Å²) >= 11 is 2.88. The van der Waals surface area contributed by atoms with E-state index in [4.69, 9.17) is 9.94 Å². The maximum atomic E-state index is 10.0. The number of hydrogen-bond acceptors (Lipinski definition) is 9. The van der Waals surface area contributed by atoms with Crippen molar-refractivity contribution in [1.29, 1.82) is 0 Å². The first kappa shape index (κ1) is 23.0. The molecule has 7 nitrogen and oxygen atoms in total. The second-order valence-electron chi connectivity index (χ2n) is 6.17. The number of oxime groups is 1. The van der Waals surface area contributed by atoms with Crippen LogP contribution in [-0.4, -0.2) is 79.1 Å². The Bertz CT molecular complexity index is 386. The van der Waals surface area contributed by atoms with Gasteiger partial charge in [0.1, 0.15) is 34.9 Å². The molecular formula is C16H31NO6S2. The molecule has 0 radical (unpaired) electrons. The lowest BCUT2D eigenvalue weighted by Gasteiger charge is -2.39. The van der Waals surface area contributed by atoms with Crippen molar-refractivity contribution < 1.29 is 30.4 Å². The van der Waals surface area contributed by atoms with Crippen LogP contribution in [-0.2, 0) is 4.74 Å². The Kier molecular flexibility index (Phi) is 12.1. The fourth-order valence-corrected chi connectivity index (χ4v) is 4.23. The van der Waals surface area contributed by atoms with Crippen LogP contribution in [0.4, 0.5) is 0 Å². The first-order valence-electron chi connectivity index (χ1n) is 8.72. The van der Waals surface area contributed by atoms with Crippen LogP contribution >= 0.6 is 23.5 Å². The predicted molar refractivity (Wildman–Crippen MR) is 101 cm³/mol. The Hall–Kier alpha value is -0.0300. The molecule has 1 aliphatic heterocycles. The van der Waals surface area contributed by atoms with E-state index in [9.17, 15) is 20.4 Å².